The standard InChI is InChI=1S/C10H14O2/c1-6(11)10(12)9-5-7-2-3-8(9)4-7/h2-3,6-9,11H,4-5H2,1H3/t6-,7+,8-,9-/m0/s1. The van der Waals surface area contributed by atoms with Gasteiger partial charge in [-0.1, -0.05) is 12.2 Å². The summed E-state index contributed by atoms with van der Waals surface area (Å²) in [5.41, 5.74) is 0. The highest BCUT2D eigenvalue weighted by atomic mass is 16.3. The molecule has 2 heteroatoms. The van der Waals surface area contributed by atoms with Gasteiger partial charge in [-0.25, -0.2) is 0 Å². The molecule has 0 spiro atoms. The maximum Gasteiger partial charge on any atom is 0.164 e. The Morgan fingerprint density at radius 1 is 1.50 bits per heavy atom. The number of rotatable bonds is 2. The molecule has 2 aliphatic carbocycles. The average molecular weight is 166 g/mol. The van der Waals surface area contributed by atoms with Crippen molar-refractivity contribution in [1.29, 1.82) is 0 Å². The van der Waals surface area contributed by atoms with Crippen LogP contribution >= 0.6 is 0 Å². The van der Waals surface area contributed by atoms with Crippen LogP contribution in [0.2, 0.25) is 0 Å². The number of hydrogen-bond donors (Lipinski definition) is 1. The fourth-order valence-electron chi connectivity index (χ4n) is 2.42. The van der Waals surface area contributed by atoms with Gasteiger partial charge in [0.25, 0.3) is 0 Å². The Labute approximate surface area is 72.3 Å². The molecule has 1 fully saturated rings. The molecule has 0 heterocycles. The minimum absolute atomic E-state index is 0.0341. The van der Waals surface area contributed by atoms with Gasteiger partial charge in [0.05, 0.1) is 0 Å². The van der Waals surface area contributed by atoms with Crippen LogP contribution in [-0.4, -0.2) is 17.0 Å². The fraction of sp³-hybridized carbons (Fsp3) is 0.700. The summed E-state index contributed by atoms with van der Waals surface area (Å²) in [6, 6.07) is 0. The third kappa shape index (κ3) is 1.11. The molecule has 0 aliphatic heterocycles. The van der Waals surface area contributed by atoms with E-state index in [1.807, 2.05) is 0 Å². The summed E-state index contributed by atoms with van der Waals surface area (Å²) in [5, 5.41) is 9.14. The lowest BCUT2D eigenvalue weighted by atomic mass is 9.88. The Morgan fingerprint density at radius 3 is 2.67 bits per heavy atom. The molecule has 2 bridgehead atoms. The average Bonchev–Trinajstić information content (AvgIpc) is 2.62. The summed E-state index contributed by atoms with van der Waals surface area (Å²) in [4.78, 5) is 11.5. The van der Waals surface area contributed by atoms with Crippen LogP contribution < -0.4 is 0 Å². The lowest BCUT2D eigenvalue weighted by Gasteiger charge is -2.17. The van der Waals surface area contributed by atoms with Gasteiger partial charge in [0, 0.05) is 5.92 Å². The lowest BCUT2D eigenvalue weighted by molar-refractivity contribution is -0.131. The topological polar surface area (TPSA) is 37.3 Å². The Morgan fingerprint density at radius 2 is 2.25 bits per heavy atom. The van der Waals surface area contributed by atoms with E-state index in [1.165, 1.54) is 0 Å². The first-order chi connectivity index (χ1) is 5.68. The minimum atomic E-state index is -0.775. The quantitative estimate of drug-likeness (QED) is 0.625. The molecule has 66 valence electrons. The molecule has 2 rings (SSSR count). The second-order valence-corrected chi connectivity index (χ2v) is 3.97. The van der Waals surface area contributed by atoms with Gasteiger partial charge in [-0.15, -0.1) is 0 Å². The third-order valence-electron chi connectivity index (χ3n) is 3.06. The van der Waals surface area contributed by atoms with E-state index in [4.69, 9.17) is 5.11 Å². The molecular weight excluding hydrogens is 152 g/mol. The monoisotopic (exact) mass is 166 g/mol. The van der Waals surface area contributed by atoms with E-state index >= 15 is 0 Å². The van der Waals surface area contributed by atoms with E-state index < -0.39 is 6.10 Å². The van der Waals surface area contributed by atoms with E-state index in [-0.39, 0.29) is 11.7 Å². The maximum atomic E-state index is 11.5. The molecule has 0 radical (unpaired) electrons. The van der Waals surface area contributed by atoms with Crippen molar-refractivity contribution >= 4 is 5.78 Å². The summed E-state index contributed by atoms with van der Waals surface area (Å²) in [6.45, 7) is 1.57. The predicted molar refractivity (Wildman–Crippen MR) is 45.5 cm³/mol. The maximum absolute atomic E-state index is 11.5. The van der Waals surface area contributed by atoms with Gasteiger partial charge in [0.2, 0.25) is 0 Å². The molecule has 2 aliphatic rings. The van der Waals surface area contributed by atoms with Crippen LogP contribution in [-0.2, 0) is 4.79 Å². The van der Waals surface area contributed by atoms with E-state index in [0.29, 0.717) is 11.8 Å². The number of allylic oxidation sites excluding steroid dienone is 2. The zero-order valence-corrected chi connectivity index (χ0v) is 7.23. The number of fused-ring (bicyclic) bond motifs is 2. The molecule has 1 N–H and O–H groups in total. The van der Waals surface area contributed by atoms with Gasteiger partial charge in [0.1, 0.15) is 6.10 Å². The first-order valence-electron chi connectivity index (χ1n) is 4.58. The molecule has 4 atom stereocenters. The van der Waals surface area contributed by atoms with Gasteiger partial charge >= 0.3 is 0 Å². The normalized spacial score (nSPS) is 40.3. The lowest BCUT2D eigenvalue weighted by Crippen LogP contribution is -2.28. The Hall–Kier alpha value is -0.630. The zero-order chi connectivity index (χ0) is 8.72. The number of carbonyl (C=O) groups is 1. The van der Waals surface area contributed by atoms with Gasteiger partial charge in [-0.3, -0.25) is 4.79 Å². The van der Waals surface area contributed by atoms with E-state index in [9.17, 15) is 4.79 Å². The van der Waals surface area contributed by atoms with Crippen LogP contribution in [0.25, 0.3) is 0 Å². The van der Waals surface area contributed by atoms with Gasteiger partial charge in [0.15, 0.2) is 5.78 Å². The van der Waals surface area contributed by atoms with Crippen molar-refractivity contribution < 1.29 is 9.90 Å². The molecule has 1 saturated carbocycles. The Balaban J connectivity index is 2.08. The first-order valence-corrected chi connectivity index (χ1v) is 4.58. The van der Waals surface area contributed by atoms with E-state index in [1.54, 1.807) is 6.92 Å². The highest BCUT2D eigenvalue weighted by Gasteiger charge is 2.40. The van der Waals surface area contributed by atoms with Crippen molar-refractivity contribution in [3.63, 3.8) is 0 Å². The minimum Gasteiger partial charge on any atom is -0.386 e. The summed E-state index contributed by atoms with van der Waals surface area (Å²) >= 11 is 0. The van der Waals surface area contributed by atoms with Crippen LogP contribution in [0.15, 0.2) is 12.2 Å². The SMILES string of the molecule is C[C@H](O)C(=O)[C@H]1C[C@@H]2C=C[C@H]1C2. The van der Waals surface area contributed by atoms with Crippen molar-refractivity contribution in [3.8, 4) is 0 Å². The molecular formula is C10H14O2. The molecule has 12 heavy (non-hydrogen) atoms. The van der Waals surface area contributed by atoms with E-state index in [2.05, 4.69) is 12.2 Å². The molecule has 0 aromatic rings. The number of carbonyl (C=O) groups excluding carboxylic acids is 1. The number of hydrogen-bond acceptors (Lipinski definition) is 2. The molecule has 0 amide bonds. The van der Waals surface area contributed by atoms with Crippen molar-refractivity contribution in [2.75, 3.05) is 0 Å². The van der Waals surface area contributed by atoms with E-state index in [0.717, 1.165) is 12.8 Å². The fourth-order valence-corrected chi connectivity index (χ4v) is 2.42. The van der Waals surface area contributed by atoms with Crippen molar-refractivity contribution in [2.45, 2.75) is 25.9 Å². The van der Waals surface area contributed by atoms with Gasteiger partial charge < -0.3 is 5.11 Å². The molecule has 0 aromatic heterocycles. The number of aliphatic hydroxyl groups is 1. The Bertz CT molecular complexity index is 230. The van der Waals surface area contributed by atoms with Crippen LogP contribution in [0.4, 0.5) is 0 Å². The van der Waals surface area contributed by atoms with Crippen molar-refractivity contribution in [3.05, 3.63) is 12.2 Å². The smallest absolute Gasteiger partial charge is 0.164 e. The predicted octanol–water partition coefficient (Wildman–Crippen LogP) is 1.15. The summed E-state index contributed by atoms with van der Waals surface area (Å²) in [7, 11) is 0. The van der Waals surface area contributed by atoms with Crippen molar-refractivity contribution in [2.24, 2.45) is 17.8 Å². The zero-order valence-electron chi connectivity index (χ0n) is 7.23. The summed E-state index contributed by atoms with van der Waals surface area (Å²) < 4.78 is 0. The van der Waals surface area contributed by atoms with Crippen LogP contribution in [0.5, 0.6) is 0 Å². The third-order valence-corrected chi connectivity index (χ3v) is 3.06. The number of Topliss-reactive ketones (excluding diaryl/α,β-unsaturated/α-hetero) is 1. The first kappa shape index (κ1) is 7.99. The Kier molecular flexibility index (Phi) is 1.80. The number of aliphatic hydroxyl groups excluding tert-OH is 1. The largest absolute Gasteiger partial charge is 0.386 e. The van der Waals surface area contributed by atoms with Crippen LogP contribution in [0.3, 0.4) is 0 Å². The van der Waals surface area contributed by atoms with Crippen LogP contribution in [0, 0.1) is 17.8 Å². The highest BCUT2D eigenvalue weighted by Crippen LogP contribution is 2.44. The highest BCUT2D eigenvalue weighted by molar-refractivity contribution is 5.85. The number of ketones is 1. The second kappa shape index (κ2) is 2.70. The second-order valence-electron chi connectivity index (χ2n) is 3.97. The van der Waals surface area contributed by atoms with Gasteiger partial charge in [-0.2, -0.15) is 0 Å². The summed E-state index contributed by atoms with van der Waals surface area (Å²) in [5.74, 6) is 1.19. The molecule has 0 aromatic carbocycles. The molecule has 0 unspecified atom stereocenters. The molecule has 0 saturated heterocycles. The van der Waals surface area contributed by atoms with Gasteiger partial charge in [-0.05, 0) is 31.6 Å². The molecule has 2 nitrogen and oxygen atoms in total. The van der Waals surface area contributed by atoms with Crippen molar-refractivity contribution in [1.82, 2.24) is 0 Å². The van der Waals surface area contributed by atoms with Crippen LogP contribution in [0.1, 0.15) is 19.8 Å². The summed E-state index contributed by atoms with van der Waals surface area (Å²) in [6.07, 6.45) is 5.66.